The summed E-state index contributed by atoms with van der Waals surface area (Å²) >= 11 is 2.38. The first-order chi connectivity index (χ1) is 7.75. The molecule has 0 saturated heterocycles. The van der Waals surface area contributed by atoms with Crippen molar-refractivity contribution in [1.29, 1.82) is 0 Å². The van der Waals surface area contributed by atoms with Crippen molar-refractivity contribution in [3.8, 4) is 0 Å². The van der Waals surface area contributed by atoms with Gasteiger partial charge in [0.1, 0.15) is 0 Å². The molecule has 0 amide bonds. The third-order valence-electron chi connectivity index (χ3n) is 2.83. The Labute approximate surface area is 107 Å². The van der Waals surface area contributed by atoms with E-state index in [0.29, 0.717) is 0 Å². The minimum atomic E-state index is 0.818. The number of nitrogens with two attached hydrogens (primary N) is 1. The highest BCUT2D eigenvalue weighted by Crippen LogP contribution is 2.30. The Kier molecular flexibility index (Phi) is 2.24. The van der Waals surface area contributed by atoms with Crippen LogP contribution in [0.3, 0.4) is 0 Å². The van der Waals surface area contributed by atoms with Gasteiger partial charge in [-0.25, -0.2) is 0 Å². The van der Waals surface area contributed by atoms with Crippen LogP contribution in [0, 0.1) is 3.57 Å². The van der Waals surface area contributed by atoms with E-state index < -0.39 is 0 Å². The van der Waals surface area contributed by atoms with Gasteiger partial charge < -0.3 is 5.73 Å². The van der Waals surface area contributed by atoms with E-state index in [1.165, 1.54) is 25.1 Å². The summed E-state index contributed by atoms with van der Waals surface area (Å²) in [5.74, 6) is 0. The fourth-order valence-electron chi connectivity index (χ4n) is 2.09. The number of rotatable bonds is 0. The van der Waals surface area contributed by atoms with Crippen LogP contribution in [0.25, 0.3) is 21.5 Å². The van der Waals surface area contributed by atoms with Gasteiger partial charge in [0, 0.05) is 9.26 Å². The standard InChI is InChI=1S/C14H10IN/c15-14-8-9-7-10(16)5-6-11(9)12-3-1-2-4-13(12)14/h1-8H,16H2. The minimum absolute atomic E-state index is 0.818. The van der Waals surface area contributed by atoms with Crippen LogP contribution in [-0.2, 0) is 0 Å². The first-order valence-corrected chi connectivity index (χ1v) is 6.20. The number of nitrogen functional groups attached to an aromatic ring is 1. The van der Waals surface area contributed by atoms with Crippen molar-refractivity contribution >= 4 is 49.8 Å². The van der Waals surface area contributed by atoms with Gasteiger partial charge in [-0.3, -0.25) is 0 Å². The van der Waals surface area contributed by atoms with Crippen molar-refractivity contribution in [3.05, 3.63) is 52.1 Å². The van der Waals surface area contributed by atoms with Gasteiger partial charge in [-0.05, 0) is 62.3 Å². The first-order valence-electron chi connectivity index (χ1n) is 5.12. The van der Waals surface area contributed by atoms with E-state index in [4.69, 9.17) is 5.73 Å². The molecular formula is C14H10IN. The van der Waals surface area contributed by atoms with Crippen LogP contribution in [0.15, 0.2) is 48.5 Å². The maximum absolute atomic E-state index is 5.82. The molecular weight excluding hydrogens is 309 g/mol. The maximum Gasteiger partial charge on any atom is 0.0320 e. The SMILES string of the molecule is Nc1ccc2c(c1)cc(I)c1ccccc12. The summed E-state index contributed by atoms with van der Waals surface area (Å²) in [5.41, 5.74) is 6.63. The molecule has 2 N–H and O–H groups in total. The number of anilines is 1. The molecule has 0 atom stereocenters. The smallest absolute Gasteiger partial charge is 0.0320 e. The van der Waals surface area contributed by atoms with Gasteiger partial charge in [-0.15, -0.1) is 0 Å². The number of hydrogen-bond acceptors (Lipinski definition) is 1. The number of hydrogen-bond donors (Lipinski definition) is 1. The van der Waals surface area contributed by atoms with Gasteiger partial charge in [-0.2, -0.15) is 0 Å². The third kappa shape index (κ3) is 1.45. The van der Waals surface area contributed by atoms with Gasteiger partial charge in [0.05, 0.1) is 0 Å². The summed E-state index contributed by atoms with van der Waals surface area (Å²) in [6.07, 6.45) is 0. The summed E-state index contributed by atoms with van der Waals surface area (Å²) < 4.78 is 1.27. The fraction of sp³-hybridized carbons (Fsp3) is 0. The lowest BCUT2D eigenvalue weighted by Gasteiger charge is -2.06. The van der Waals surface area contributed by atoms with Crippen LogP contribution in [0.4, 0.5) is 5.69 Å². The van der Waals surface area contributed by atoms with Crippen LogP contribution in [0.1, 0.15) is 0 Å². The van der Waals surface area contributed by atoms with Crippen molar-refractivity contribution < 1.29 is 0 Å². The molecule has 1 nitrogen and oxygen atoms in total. The van der Waals surface area contributed by atoms with Crippen molar-refractivity contribution in [2.24, 2.45) is 0 Å². The molecule has 0 aliphatic rings. The zero-order chi connectivity index (χ0) is 11.1. The Morgan fingerprint density at radius 3 is 2.38 bits per heavy atom. The average Bonchev–Trinajstić information content (AvgIpc) is 2.29. The lowest BCUT2D eigenvalue weighted by atomic mass is 10.0. The molecule has 16 heavy (non-hydrogen) atoms. The van der Waals surface area contributed by atoms with Crippen LogP contribution >= 0.6 is 22.6 Å². The monoisotopic (exact) mass is 319 g/mol. The Morgan fingerprint density at radius 1 is 0.812 bits per heavy atom. The largest absolute Gasteiger partial charge is 0.399 e. The molecule has 3 rings (SSSR count). The summed E-state index contributed by atoms with van der Waals surface area (Å²) in [6, 6.07) is 16.8. The molecule has 0 aromatic heterocycles. The van der Waals surface area contributed by atoms with Gasteiger partial charge in [-0.1, -0.05) is 30.3 Å². The van der Waals surface area contributed by atoms with E-state index >= 15 is 0 Å². The maximum atomic E-state index is 5.82. The lowest BCUT2D eigenvalue weighted by molar-refractivity contribution is 1.72. The molecule has 2 heteroatoms. The highest BCUT2D eigenvalue weighted by Gasteiger charge is 2.03. The number of benzene rings is 3. The first kappa shape index (κ1) is 9.90. The van der Waals surface area contributed by atoms with Crippen molar-refractivity contribution in [2.45, 2.75) is 0 Å². The molecule has 0 bridgehead atoms. The van der Waals surface area contributed by atoms with Gasteiger partial charge >= 0.3 is 0 Å². The van der Waals surface area contributed by atoms with Crippen LogP contribution in [-0.4, -0.2) is 0 Å². The van der Waals surface area contributed by atoms with Gasteiger partial charge in [0.2, 0.25) is 0 Å². The molecule has 0 fully saturated rings. The predicted octanol–water partition coefficient (Wildman–Crippen LogP) is 4.18. The van der Waals surface area contributed by atoms with E-state index in [2.05, 4.69) is 59.0 Å². The van der Waals surface area contributed by atoms with E-state index in [1.807, 2.05) is 12.1 Å². The summed E-state index contributed by atoms with van der Waals surface area (Å²) in [5, 5.41) is 5.08. The van der Waals surface area contributed by atoms with Crippen LogP contribution < -0.4 is 5.73 Å². The molecule has 0 heterocycles. The predicted molar refractivity (Wildman–Crippen MR) is 78.6 cm³/mol. The second kappa shape index (κ2) is 3.63. The van der Waals surface area contributed by atoms with Crippen LogP contribution in [0.5, 0.6) is 0 Å². The second-order valence-electron chi connectivity index (χ2n) is 3.88. The Bertz CT molecular complexity index is 689. The molecule has 0 unspecified atom stereocenters. The molecule has 0 aliphatic carbocycles. The molecule has 78 valence electrons. The minimum Gasteiger partial charge on any atom is -0.399 e. The van der Waals surface area contributed by atoms with Crippen LogP contribution in [0.2, 0.25) is 0 Å². The molecule has 3 aromatic rings. The van der Waals surface area contributed by atoms with Gasteiger partial charge in [0.25, 0.3) is 0 Å². The normalized spacial score (nSPS) is 11.1. The molecule has 0 radical (unpaired) electrons. The van der Waals surface area contributed by atoms with E-state index in [9.17, 15) is 0 Å². The molecule has 0 spiro atoms. The average molecular weight is 319 g/mol. The van der Waals surface area contributed by atoms with E-state index in [1.54, 1.807) is 0 Å². The highest BCUT2D eigenvalue weighted by atomic mass is 127. The zero-order valence-corrected chi connectivity index (χ0v) is 10.7. The van der Waals surface area contributed by atoms with Crippen molar-refractivity contribution in [2.75, 3.05) is 5.73 Å². The van der Waals surface area contributed by atoms with Crippen molar-refractivity contribution in [3.63, 3.8) is 0 Å². The van der Waals surface area contributed by atoms with E-state index in [-0.39, 0.29) is 0 Å². The zero-order valence-electron chi connectivity index (χ0n) is 8.57. The molecule has 0 saturated carbocycles. The Balaban J connectivity index is 2.59. The van der Waals surface area contributed by atoms with Crippen molar-refractivity contribution in [1.82, 2.24) is 0 Å². The number of halogens is 1. The fourth-order valence-corrected chi connectivity index (χ4v) is 2.89. The van der Waals surface area contributed by atoms with Gasteiger partial charge in [0.15, 0.2) is 0 Å². The topological polar surface area (TPSA) is 26.0 Å². The quantitative estimate of drug-likeness (QED) is 0.375. The Hall–Kier alpha value is -1.29. The number of fused-ring (bicyclic) bond motifs is 3. The molecule has 3 aromatic carbocycles. The second-order valence-corrected chi connectivity index (χ2v) is 5.05. The lowest BCUT2D eigenvalue weighted by Crippen LogP contribution is -1.86. The van der Waals surface area contributed by atoms with E-state index in [0.717, 1.165) is 5.69 Å². The highest BCUT2D eigenvalue weighted by molar-refractivity contribution is 14.1. The summed E-state index contributed by atoms with van der Waals surface area (Å²) in [7, 11) is 0. The third-order valence-corrected chi connectivity index (χ3v) is 3.72. The Morgan fingerprint density at radius 2 is 1.56 bits per heavy atom. The molecule has 0 aliphatic heterocycles. The summed E-state index contributed by atoms with van der Waals surface area (Å²) in [6.45, 7) is 0. The summed E-state index contributed by atoms with van der Waals surface area (Å²) in [4.78, 5) is 0.